The second-order valence-corrected chi connectivity index (χ2v) is 7.63. The molecule has 4 heterocycles. The minimum absolute atomic E-state index is 0.0132. The van der Waals surface area contributed by atoms with Crippen LogP contribution in [0.15, 0.2) is 59.9 Å². The molecule has 162 valence electrons. The number of anilines is 2. The van der Waals surface area contributed by atoms with Gasteiger partial charge in [-0.15, -0.1) is 0 Å². The molecule has 1 aromatic carbocycles. The third kappa shape index (κ3) is 3.74. The molecule has 3 aromatic heterocycles. The van der Waals surface area contributed by atoms with E-state index in [0.717, 1.165) is 22.2 Å². The number of amides is 1. The lowest BCUT2D eigenvalue weighted by molar-refractivity contribution is 0.0303. The number of hydrogen-bond acceptors (Lipinski definition) is 6. The standard InChI is InChI=1S/C23H22N6O3/c1-28-14-16(12-26-28)19-13-25-21(20-18(19)6-7-24-22(20)30)27-17-4-2-15(3-5-17)23(31)29-8-10-32-11-9-29/h2-7,12-14H,8-11H2,1H3,(H,24,30)(H,25,27). The number of pyridine rings is 2. The first-order valence-electron chi connectivity index (χ1n) is 10.3. The number of carbonyl (C=O) groups excluding carboxylic acids is 1. The number of benzene rings is 1. The molecule has 1 saturated heterocycles. The van der Waals surface area contributed by atoms with Gasteiger partial charge in [-0.05, 0) is 30.3 Å². The quantitative estimate of drug-likeness (QED) is 0.516. The molecule has 32 heavy (non-hydrogen) atoms. The molecule has 9 heteroatoms. The van der Waals surface area contributed by atoms with Gasteiger partial charge in [-0.3, -0.25) is 14.3 Å². The second-order valence-electron chi connectivity index (χ2n) is 7.63. The summed E-state index contributed by atoms with van der Waals surface area (Å²) in [7, 11) is 1.84. The highest BCUT2D eigenvalue weighted by atomic mass is 16.5. The molecule has 9 nitrogen and oxygen atoms in total. The summed E-state index contributed by atoms with van der Waals surface area (Å²) in [4.78, 5) is 34.4. The molecule has 0 spiro atoms. The Labute approximate surface area is 183 Å². The Kier molecular flexibility index (Phi) is 5.16. The SMILES string of the molecule is Cn1cc(-c2cnc(Nc3ccc(C(=O)N4CCOCC4)cc3)c3c(=O)[nH]ccc23)cn1. The third-order valence-corrected chi connectivity index (χ3v) is 5.52. The fraction of sp³-hybridized carbons (Fsp3) is 0.217. The summed E-state index contributed by atoms with van der Waals surface area (Å²) in [5, 5.41) is 8.68. The van der Waals surface area contributed by atoms with Gasteiger partial charge < -0.3 is 19.9 Å². The number of fused-ring (bicyclic) bond motifs is 1. The Hall–Kier alpha value is -3.98. The van der Waals surface area contributed by atoms with Crippen molar-refractivity contribution < 1.29 is 9.53 Å². The molecule has 0 saturated carbocycles. The summed E-state index contributed by atoms with van der Waals surface area (Å²) in [5.41, 5.74) is 2.82. The average Bonchev–Trinajstić information content (AvgIpc) is 3.26. The van der Waals surface area contributed by atoms with Crippen LogP contribution < -0.4 is 10.9 Å². The van der Waals surface area contributed by atoms with Crippen molar-refractivity contribution >= 4 is 28.2 Å². The van der Waals surface area contributed by atoms with Gasteiger partial charge in [-0.25, -0.2) is 4.98 Å². The minimum Gasteiger partial charge on any atom is -0.378 e. The maximum Gasteiger partial charge on any atom is 0.259 e. The van der Waals surface area contributed by atoms with E-state index in [4.69, 9.17) is 4.74 Å². The minimum atomic E-state index is -0.234. The Balaban J connectivity index is 1.45. The van der Waals surface area contributed by atoms with Gasteiger partial charge in [-0.2, -0.15) is 5.10 Å². The van der Waals surface area contributed by atoms with Crippen LogP contribution in [0.4, 0.5) is 11.5 Å². The van der Waals surface area contributed by atoms with Crippen molar-refractivity contribution in [3.8, 4) is 11.1 Å². The fourth-order valence-electron chi connectivity index (χ4n) is 3.87. The number of nitrogens with zero attached hydrogens (tertiary/aromatic N) is 4. The number of aryl methyl sites for hydroxylation is 1. The van der Waals surface area contributed by atoms with E-state index < -0.39 is 0 Å². The van der Waals surface area contributed by atoms with Crippen LogP contribution in [0, 0.1) is 0 Å². The van der Waals surface area contributed by atoms with E-state index >= 15 is 0 Å². The smallest absolute Gasteiger partial charge is 0.259 e. The van der Waals surface area contributed by atoms with Gasteiger partial charge in [0, 0.05) is 66.5 Å². The number of hydrogen-bond donors (Lipinski definition) is 2. The first-order chi connectivity index (χ1) is 15.6. The molecule has 0 bridgehead atoms. The van der Waals surface area contributed by atoms with Crippen LogP contribution in [0.3, 0.4) is 0 Å². The first-order valence-corrected chi connectivity index (χ1v) is 10.3. The number of rotatable bonds is 4. The second kappa shape index (κ2) is 8.27. The summed E-state index contributed by atoms with van der Waals surface area (Å²) in [6.45, 7) is 2.32. The number of aromatic nitrogens is 4. The highest BCUT2D eigenvalue weighted by molar-refractivity contribution is 6.02. The van der Waals surface area contributed by atoms with Gasteiger partial charge >= 0.3 is 0 Å². The Morgan fingerprint density at radius 3 is 2.62 bits per heavy atom. The van der Waals surface area contributed by atoms with Crippen molar-refractivity contribution in [2.24, 2.45) is 7.05 Å². The van der Waals surface area contributed by atoms with E-state index in [1.807, 2.05) is 31.4 Å². The van der Waals surface area contributed by atoms with E-state index in [1.165, 1.54) is 0 Å². The predicted octanol–water partition coefficient (Wildman–Crippen LogP) is 2.54. The molecule has 1 fully saturated rings. The zero-order chi connectivity index (χ0) is 22.1. The van der Waals surface area contributed by atoms with Crippen molar-refractivity contribution in [2.45, 2.75) is 0 Å². The monoisotopic (exact) mass is 430 g/mol. The Morgan fingerprint density at radius 2 is 1.91 bits per heavy atom. The largest absolute Gasteiger partial charge is 0.378 e. The molecular weight excluding hydrogens is 408 g/mol. The van der Waals surface area contributed by atoms with Gasteiger partial charge in [-0.1, -0.05) is 0 Å². The number of nitrogens with one attached hydrogen (secondary N) is 2. The van der Waals surface area contributed by atoms with Crippen LogP contribution in [-0.4, -0.2) is 56.9 Å². The average molecular weight is 430 g/mol. The Morgan fingerprint density at radius 1 is 1.12 bits per heavy atom. The lowest BCUT2D eigenvalue weighted by Gasteiger charge is -2.26. The van der Waals surface area contributed by atoms with Crippen LogP contribution in [0.25, 0.3) is 21.9 Å². The zero-order valence-corrected chi connectivity index (χ0v) is 17.5. The molecule has 0 unspecified atom stereocenters. The van der Waals surface area contributed by atoms with Crippen molar-refractivity contribution in [1.82, 2.24) is 24.6 Å². The van der Waals surface area contributed by atoms with E-state index in [1.54, 1.807) is 40.3 Å². The van der Waals surface area contributed by atoms with Crippen molar-refractivity contribution in [2.75, 3.05) is 31.6 Å². The number of carbonyl (C=O) groups is 1. The topological polar surface area (TPSA) is 105 Å². The van der Waals surface area contributed by atoms with Crippen molar-refractivity contribution in [1.29, 1.82) is 0 Å². The van der Waals surface area contributed by atoms with E-state index in [0.29, 0.717) is 43.1 Å². The number of aromatic amines is 1. The van der Waals surface area contributed by atoms with Gasteiger partial charge in [0.2, 0.25) is 0 Å². The molecule has 1 amide bonds. The molecule has 0 aliphatic carbocycles. The third-order valence-electron chi connectivity index (χ3n) is 5.52. The zero-order valence-electron chi connectivity index (χ0n) is 17.5. The number of morpholine rings is 1. The van der Waals surface area contributed by atoms with Crippen molar-refractivity contribution in [3.05, 3.63) is 71.0 Å². The van der Waals surface area contributed by atoms with Crippen LogP contribution >= 0.6 is 0 Å². The van der Waals surface area contributed by atoms with Gasteiger partial charge in [0.05, 0.1) is 24.8 Å². The lowest BCUT2D eigenvalue weighted by atomic mass is 10.0. The maximum atomic E-state index is 12.7. The first kappa shape index (κ1) is 20.0. The van der Waals surface area contributed by atoms with Crippen LogP contribution in [-0.2, 0) is 11.8 Å². The number of ether oxygens (including phenoxy) is 1. The fourth-order valence-corrected chi connectivity index (χ4v) is 3.87. The summed E-state index contributed by atoms with van der Waals surface area (Å²) in [6.07, 6.45) is 6.99. The lowest BCUT2D eigenvalue weighted by Crippen LogP contribution is -2.40. The number of H-pyrrole nitrogens is 1. The van der Waals surface area contributed by atoms with Gasteiger partial charge in [0.25, 0.3) is 11.5 Å². The van der Waals surface area contributed by atoms with E-state index in [-0.39, 0.29) is 11.5 Å². The normalized spacial score (nSPS) is 14.0. The Bertz CT molecular complexity index is 1340. The maximum absolute atomic E-state index is 12.7. The summed E-state index contributed by atoms with van der Waals surface area (Å²) >= 11 is 0. The molecule has 4 aromatic rings. The van der Waals surface area contributed by atoms with E-state index in [2.05, 4.69) is 20.4 Å². The van der Waals surface area contributed by atoms with E-state index in [9.17, 15) is 9.59 Å². The molecule has 0 atom stereocenters. The molecule has 1 aliphatic rings. The molecule has 0 radical (unpaired) electrons. The molecular formula is C23H22N6O3. The van der Waals surface area contributed by atoms with Crippen molar-refractivity contribution in [3.63, 3.8) is 0 Å². The summed E-state index contributed by atoms with van der Waals surface area (Å²) in [6, 6.07) is 9.03. The summed E-state index contributed by atoms with van der Waals surface area (Å²) in [5.74, 6) is 0.433. The molecule has 5 rings (SSSR count). The van der Waals surface area contributed by atoms with Gasteiger partial charge in [0.15, 0.2) is 0 Å². The predicted molar refractivity (Wildman–Crippen MR) is 121 cm³/mol. The summed E-state index contributed by atoms with van der Waals surface area (Å²) < 4.78 is 7.02. The molecule has 1 aliphatic heterocycles. The highest BCUT2D eigenvalue weighted by Crippen LogP contribution is 2.30. The van der Waals surface area contributed by atoms with Crippen LogP contribution in [0.5, 0.6) is 0 Å². The van der Waals surface area contributed by atoms with Gasteiger partial charge in [0.1, 0.15) is 5.82 Å². The van der Waals surface area contributed by atoms with Crippen LogP contribution in [0.1, 0.15) is 10.4 Å². The highest BCUT2D eigenvalue weighted by Gasteiger charge is 2.18. The molecule has 2 N–H and O–H groups in total. The van der Waals surface area contributed by atoms with Crippen LogP contribution in [0.2, 0.25) is 0 Å².